The quantitative estimate of drug-likeness (QED) is 0.705. The number of fused-ring (bicyclic) bond motifs is 2. The standard InChI is InChI=1S/C23H24O2/c1-14-9-16-5-7-18(24-3)11-22(16)20(14)13-21-15(2)10-17-6-8-19(25-4)12-23(17)21/h5-12,20-21H,13H2,1-4H3. The van der Waals surface area contributed by atoms with Crippen molar-refractivity contribution in [3.63, 3.8) is 0 Å². The van der Waals surface area contributed by atoms with Crippen LogP contribution in [0.4, 0.5) is 0 Å². The molecule has 0 saturated heterocycles. The fraction of sp³-hybridized carbons (Fsp3) is 0.304. The van der Waals surface area contributed by atoms with Crippen molar-refractivity contribution in [2.75, 3.05) is 14.2 Å². The van der Waals surface area contributed by atoms with Crippen molar-refractivity contribution in [1.29, 1.82) is 0 Å². The van der Waals surface area contributed by atoms with Crippen LogP contribution < -0.4 is 9.47 Å². The molecule has 2 aliphatic carbocycles. The highest BCUT2D eigenvalue weighted by Gasteiger charge is 2.30. The van der Waals surface area contributed by atoms with Crippen LogP contribution >= 0.6 is 0 Å². The highest BCUT2D eigenvalue weighted by Crippen LogP contribution is 2.48. The summed E-state index contributed by atoms with van der Waals surface area (Å²) >= 11 is 0. The Kier molecular flexibility index (Phi) is 3.91. The summed E-state index contributed by atoms with van der Waals surface area (Å²) in [6, 6.07) is 12.8. The molecule has 0 amide bonds. The van der Waals surface area contributed by atoms with Gasteiger partial charge < -0.3 is 9.47 Å². The van der Waals surface area contributed by atoms with Crippen LogP contribution in [0.25, 0.3) is 12.2 Å². The van der Waals surface area contributed by atoms with Gasteiger partial charge in [0.2, 0.25) is 0 Å². The zero-order valence-corrected chi connectivity index (χ0v) is 15.3. The van der Waals surface area contributed by atoms with E-state index in [1.54, 1.807) is 14.2 Å². The van der Waals surface area contributed by atoms with Crippen molar-refractivity contribution in [2.24, 2.45) is 0 Å². The molecule has 2 unspecified atom stereocenters. The summed E-state index contributed by atoms with van der Waals surface area (Å²) in [4.78, 5) is 0. The molecule has 4 rings (SSSR count). The van der Waals surface area contributed by atoms with Gasteiger partial charge in [0.05, 0.1) is 14.2 Å². The summed E-state index contributed by atoms with van der Waals surface area (Å²) in [6.45, 7) is 4.50. The van der Waals surface area contributed by atoms with Crippen molar-refractivity contribution in [3.8, 4) is 11.5 Å². The van der Waals surface area contributed by atoms with Crippen molar-refractivity contribution in [3.05, 3.63) is 69.8 Å². The largest absolute Gasteiger partial charge is 0.497 e. The van der Waals surface area contributed by atoms with Crippen LogP contribution in [0.3, 0.4) is 0 Å². The van der Waals surface area contributed by atoms with E-state index in [9.17, 15) is 0 Å². The van der Waals surface area contributed by atoms with Crippen LogP contribution in [-0.4, -0.2) is 14.2 Å². The number of allylic oxidation sites excluding steroid dienone is 2. The smallest absolute Gasteiger partial charge is 0.119 e. The maximum atomic E-state index is 5.45. The van der Waals surface area contributed by atoms with Gasteiger partial charge in [0.1, 0.15) is 11.5 Å². The summed E-state index contributed by atoms with van der Waals surface area (Å²) in [5.41, 5.74) is 8.31. The molecule has 25 heavy (non-hydrogen) atoms. The average Bonchev–Trinajstić information content (AvgIpc) is 3.10. The van der Waals surface area contributed by atoms with Crippen LogP contribution in [0.5, 0.6) is 11.5 Å². The minimum absolute atomic E-state index is 0.440. The highest BCUT2D eigenvalue weighted by atomic mass is 16.5. The van der Waals surface area contributed by atoms with Crippen molar-refractivity contribution in [2.45, 2.75) is 32.1 Å². The summed E-state index contributed by atoms with van der Waals surface area (Å²) in [5, 5.41) is 0. The third-order valence-electron chi connectivity index (χ3n) is 5.68. The first-order valence-corrected chi connectivity index (χ1v) is 8.83. The molecule has 0 aliphatic heterocycles. The second-order valence-electron chi connectivity index (χ2n) is 7.11. The Morgan fingerprint density at radius 1 is 0.720 bits per heavy atom. The Morgan fingerprint density at radius 2 is 1.16 bits per heavy atom. The fourth-order valence-corrected chi connectivity index (χ4v) is 4.27. The summed E-state index contributed by atoms with van der Waals surface area (Å²) in [7, 11) is 3.47. The van der Waals surface area contributed by atoms with Crippen molar-refractivity contribution >= 4 is 12.2 Å². The SMILES string of the molecule is COc1ccc2c(c1)C(CC1C(C)=Cc3ccc(OC)cc31)C(C)=C2. The van der Waals surface area contributed by atoms with Crippen molar-refractivity contribution in [1.82, 2.24) is 0 Å². The van der Waals surface area contributed by atoms with E-state index >= 15 is 0 Å². The Labute approximate surface area is 149 Å². The molecule has 2 aliphatic rings. The summed E-state index contributed by atoms with van der Waals surface area (Å²) < 4.78 is 10.9. The monoisotopic (exact) mass is 332 g/mol. The second-order valence-corrected chi connectivity index (χ2v) is 7.11. The van der Waals surface area contributed by atoms with E-state index < -0.39 is 0 Å². The maximum Gasteiger partial charge on any atom is 0.119 e. The molecule has 0 spiro atoms. The van der Waals surface area contributed by atoms with E-state index in [-0.39, 0.29) is 0 Å². The normalized spacial score (nSPS) is 20.6. The molecular weight excluding hydrogens is 308 g/mol. The van der Waals surface area contributed by atoms with Gasteiger partial charge in [-0.25, -0.2) is 0 Å². The van der Waals surface area contributed by atoms with Gasteiger partial charge in [-0.1, -0.05) is 35.4 Å². The molecule has 0 bridgehead atoms. The van der Waals surface area contributed by atoms with Crippen LogP contribution in [0.1, 0.15) is 54.4 Å². The Hall–Kier alpha value is -2.48. The van der Waals surface area contributed by atoms with Gasteiger partial charge in [0, 0.05) is 11.8 Å². The number of hydrogen-bond donors (Lipinski definition) is 0. The van der Waals surface area contributed by atoms with E-state index in [4.69, 9.17) is 9.47 Å². The van der Waals surface area contributed by atoms with Crippen LogP contribution in [0, 0.1) is 0 Å². The number of rotatable bonds is 4. The molecule has 128 valence electrons. The van der Waals surface area contributed by atoms with Gasteiger partial charge in [-0.2, -0.15) is 0 Å². The van der Waals surface area contributed by atoms with Gasteiger partial charge in [0.15, 0.2) is 0 Å². The molecule has 0 saturated carbocycles. The van der Waals surface area contributed by atoms with E-state index in [0.717, 1.165) is 17.9 Å². The van der Waals surface area contributed by atoms with Gasteiger partial charge in [0.25, 0.3) is 0 Å². The molecule has 0 heterocycles. The number of hydrogen-bond acceptors (Lipinski definition) is 2. The van der Waals surface area contributed by atoms with Gasteiger partial charge in [-0.15, -0.1) is 0 Å². The molecule has 2 aromatic rings. The van der Waals surface area contributed by atoms with Gasteiger partial charge >= 0.3 is 0 Å². The Morgan fingerprint density at radius 3 is 1.56 bits per heavy atom. The number of methoxy groups -OCH3 is 2. The predicted molar refractivity (Wildman–Crippen MR) is 103 cm³/mol. The molecule has 0 aromatic heterocycles. The van der Waals surface area contributed by atoms with E-state index in [1.807, 2.05) is 12.1 Å². The minimum atomic E-state index is 0.440. The lowest BCUT2D eigenvalue weighted by atomic mass is 9.82. The van der Waals surface area contributed by atoms with Gasteiger partial charge in [-0.05, 0) is 66.8 Å². The van der Waals surface area contributed by atoms with Crippen molar-refractivity contribution < 1.29 is 9.47 Å². The third-order valence-corrected chi connectivity index (χ3v) is 5.68. The average molecular weight is 332 g/mol. The molecule has 2 nitrogen and oxygen atoms in total. The van der Waals surface area contributed by atoms with Gasteiger partial charge in [-0.3, -0.25) is 0 Å². The number of benzene rings is 2. The number of ether oxygens (including phenoxy) is 2. The molecule has 2 heteroatoms. The lowest BCUT2D eigenvalue weighted by Crippen LogP contribution is -2.06. The van der Waals surface area contributed by atoms with E-state index in [0.29, 0.717) is 11.8 Å². The molecule has 0 fully saturated rings. The van der Waals surface area contributed by atoms with Crippen LogP contribution in [0.15, 0.2) is 47.5 Å². The van der Waals surface area contributed by atoms with E-state index in [1.165, 1.54) is 33.4 Å². The fourth-order valence-electron chi connectivity index (χ4n) is 4.27. The Balaban J connectivity index is 1.69. The molecule has 0 N–H and O–H groups in total. The third kappa shape index (κ3) is 2.66. The highest BCUT2D eigenvalue weighted by molar-refractivity contribution is 5.70. The summed E-state index contributed by atoms with van der Waals surface area (Å²) in [6.07, 6.45) is 5.73. The zero-order chi connectivity index (χ0) is 17.6. The summed E-state index contributed by atoms with van der Waals surface area (Å²) in [5.74, 6) is 2.76. The maximum absolute atomic E-state index is 5.45. The lowest BCUT2D eigenvalue weighted by molar-refractivity contribution is 0.413. The predicted octanol–water partition coefficient (Wildman–Crippen LogP) is 5.80. The lowest BCUT2D eigenvalue weighted by Gasteiger charge is -2.22. The zero-order valence-electron chi connectivity index (χ0n) is 15.3. The molecule has 0 radical (unpaired) electrons. The topological polar surface area (TPSA) is 18.5 Å². The van der Waals surface area contributed by atoms with Crippen LogP contribution in [0.2, 0.25) is 0 Å². The van der Waals surface area contributed by atoms with E-state index in [2.05, 4.69) is 50.3 Å². The molecular formula is C23H24O2. The molecule has 2 aromatic carbocycles. The first-order valence-electron chi connectivity index (χ1n) is 8.83. The second kappa shape index (κ2) is 6.11. The first-order chi connectivity index (χ1) is 12.1. The van der Waals surface area contributed by atoms with Crippen LogP contribution in [-0.2, 0) is 0 Å². The molecule has 2 atom stereocenters. The minimum Gasteiger partial charge on any atom is -0.497 e. The first kappa shape index (κ1) is 16.0. The Bertz CT molecular complexity index is 815.